The summed E-state index contributed by atoms with van der Waals surface area (Å²) in [5, 5.41) is 42.9. The number of aliphatic hydroxyl groups excluding tert-OH is 3. The van der Waals surface area contributed by atoms with Gasteiger partial charge in [-0.15, -0.1) is 5.10 Å². The average molecular weight is 537 g/mol. The first-order valence-electron chi connectivity index (χ1n) is 12.4. The summed E-state index contributed by atoms with van der Waals surface area (Å²) in [5.74, 6) is -1.28. The lowest BCUT2D eigenvalue weighted by Crippen LogP contribution is -2.33. The zero-order chi connectivity index (χ0) is 26.3. The van der Waals surface area contributed by atoms with E-state index in [-0.39, 0.29) is 36.8 Å². The van der Waals surface area contributed by atoms with E-state index in [4.69, 9.17) is 9.84 Å². The summed E-state index contributed by atoms with van der Waals surface area (Å²) in [4.78, 5) is 9.37. The molecule has 2 aromatic heterocycles. The number of aliphatic hydroxyl groups is 3. The highest BCUT2D eigenvalue weighted by Crippen LogP contribution is 2.44. The molecule has 0 spiro atoms. The molecule has 0 aliphatic heterocycles. The summed E-state index contributed by atoms with van der Waals surface area (Å²) < 4.78 is 34.1. The second kappa shape index (κ2) is 10.7. The van der Waals surface area contributed by atoms with Crippen LogP contribution in [-0.4, -0.2) is 83.1 Å². The fraction of sp³-hybridized carbons (Fsp3) is 0.583. The van der Waals surface area contributed by atoms with Gasteiger partial charge in [0.05, 0.1) is 25.4 Å². The Balaban J connectivity index is 1.44. The molecule has 1 unspecified atom stereocenters. The van der Waals surface area contributed by atoms with Crippen LogP contribution in [0.2, 0.25) is 0 Å². The summed E-state index contributed by atoms with van der Waals surface area (Å²) >= 11 is 1.50. The molecule has 13 heteroatoms. The molecular weight excluding hydrogens is 506 g/mol. The van der Waals surface area contributed by atoms with Gasteiger partial charge in [-0.1, -0.05) is 36.9 Å². The van der Waals surface area contributed by atoms with Crippen molar-refractivity contribution in [3.8, 4) is 0 Å². The summed E-state index contributed by atoms with van der Waals surface area (Å²) in [6, 6.07) is 3.25. The van der Waals surface area contributed by atoms with Crippen LogP contribution >= 0.6 is 11.8 Å². The SMILES string of the molecule is CCC(C)Sc1nc(N[C@@H]2C[C@H]2c2ccc(F)c(F)c2)c2nnn([C@@H]3C[C@H](OCCO)[C@@H](O)[C@H]3O)c2n1. The van der Waals surface area contributed by atoms with E-state index < -0.39 is 36.0 Å². The molecule has 37 heavy (non-hydrogen) atoms. The fourth-order valence-corrected chi connectivity index (χ4v) is 5.48. The number of halogens is 2. The predicted octanol–water partition coefficient (Wildman–Crippen LogP) is 2.40. The topological polar surface area (TPSA) is 138 Å². The molecule has 7 atom stereocenters. The number of hydrogen-bond donors (Lipinski definition) is 4. The van der Waals surface area contributed by atoms with Crippen LogP contribution in [0.15, 0.2) is 23.4 Å². The van der Waals surface area contributed by atoms with Gasteiger partial charge in [0, 0.05) is 23.6 Å². The molecule has 200 valence electrons. The van der Waals surface area contributed by atoms with Crippen molar-refractivity contribution in [1.29, 1.82) is 0 Å². The van der Waals surface area contributed by atoms with Crippen LogP contribution in [0.4, 0.5) is 14.6 Å². The maximum Gasteiger partial charge on any atom is 0.191 e. The van der Waals surface area contributed by atoms with Gasteiger partial charge in [0.1, 0.15) is 12.2 Å². The number of nitrogens with one attached hydrogen (secondary N) is 1. The van der Waals surface area contributed by atoms with E-state index in [2.05, 4.69) is 39.4 Å². The molecule has 0 amide bonds. The number of thioether (sulfide) groups is 1. The van der Waals surface area contributed by atoms with Gasteiger partial charge in [0.2, 0.25) is 0 Å². The third-order valence-corrected chi connectivity index (χ3v) is 8.13. The van der Waals surface area contributed by atoms with Crippen LogP contribution in [0.25, 0.3) is 11.2 Å². The molecule has 0 saturated heterocycles. The van der Waals surface area contributed by atoms with E-state index in [0.29, 0.717) is 27.7 Å². The van der Waals surface area contributed by atoms with Crippen molar-refractivity contribution < 1.29 is 28.8 Å². The number of aromatic nitrogens is 5. The van der Waals surface area contributed by atoms with Crippen molar-refractivity contribution in [2.45, 2.75) is 79.8 Å². The van der Waals surface area contributed by atoms with Crippen molar-refractivity contribution in [3.05, 3.63) is 35.4 Å². The molecule has 2 saturated carbocycles. The van der Waals surface area contributed by atoms with Crippen molar-refractivity contribution in [2.75, 3.05) is 18.5 Å². The molecule has 2 fully saturated rings. The van der Waals surface area contributed by atoms with Crippen LogP contribution in [0, 0.1) is 11.6 Å². The molecule has 0 radical (unpaired) electrons. The Morgan fingerprint density at radius 3 is 2.73 bits per heavy atom. The molecule has 2 aliphatic rings. The minimum absolute atomic E-state index is 0.00272. The molecule has 10 nitrogen and oxygen atoms in total. The van der Waals surface area contributed by atoms with E-state index in [9.17, 15) is 19.0 Å². The number of anilines is 1. The molecule has 2 heterocycles. The Hall–Kier alpha value is -2.45. The zero-order valence-electron chi connectivity index (χ0n) is 20.5. The van der Waals surface area contributed by atoms with E-state index in [0.717, 1.165) is 18.9 Å². The van der Waals surface area contributed by atoms with Gasteiger partial charge < -0.3 is 25.4 Å². The monoisotopic (exact) mass is 536 g/mol. The third-order valence-electron chi connectivity index (χ3n) is 7.01. The van der Waals surface area contributed by atoms with Crippen LogP contribution in [0.1, 0.15) is 50.6 Å². The van der Waals surface area contributed by atoms with E-state index in [1.165, 1.54) is 22.5 Å². The highest BCUT2D eigenvalue weighted by Gasteiger charge is 2.45. The lowest BCUT2D eigenvalue weighted by molar-refractivity contribution is -0.0629. The second-order valence-electron chi connectivity index (χ2n) is 9.58. The highest BCUT2D eigenvalue weighted by atomic mass is 32.2. The minimum Gasteiger partial charge on any atom is -0.394 e. The number of rotatable bonds is 10. The highest BCUT2D eigenvalue weighted by molar-refractivity contribution is 7.99. The second-order valence-corrected chi connectivity index (χ2v) is 11.0. The summed E-state index contributed by atoms with van der Waals surface area (Å²) in [7, 11) is 0. The van der Waals surface area contributed by atoms with E-state index in [1.54, 1.807) is 6.07 Å². The molecule has 2 aliphatic carbocycles. The van der Waals surface area contributed by atoms with Gasteiger partial charge in [-0.3, -0.25) is 0 Å². The fourth-order valence-electron chi connectivity index (χ4n) is 4.67. The van der Waals surface area contributed by atoms with Crippen molar-refractivity contribution >= 4 is 28.7 Å². The Morgan fingerprint density at radius 2 is 2.00 bits per heavy atom. The van der Waals surface area contributed by atoms with Gasteiger partial charge in [0.15, 0.2) is 33.8 Å². The summed E-state index contributed by atoms with van der Waals surface area (Å²) in [6.07, 6.45) is -1.08. The molecule has 5 rings (SSSR count). The van der Waals surface area contributed by atoms with Gasteiger partial charge >= 0.3 is 0 Å². The van der Waals surface area contributed by atoms with Gasteiger partial charge in [-0.25, -0.2) is 23.4 Å². The minimum atomic E-state index is -1.16. The van der Waals surface area contributed by atoms with E-state index >= 15 is 0 Å². The predicted molar refractivity (Wildman–Crippen MR) is 132 cm³/mol. The van der Waals surface area contributed by atoms with Crippen LogP contribution < -0.4 is 5.32 Å². The summed E-state index contributed by atoms with van der Waals surface area (Å²) in [5.41, 5.74) is 1.52. The van der Waals surface area contributed by atoms with Crippen molar-refractivity contribution in [1.82, 2.24) is 25.0 Å². The maximum absolute atomic E-state index is 13.7. The average Bonchev–Trinajstić information content (AvgIpc) is 3.43. The molecule has 4 N–H and O–H groups in total. The van der Waals surface area contributed by atoms with Crippen molar-refractivity contribution in [2.24, 2.45) is 0 Å². The summed E-state index contributed by atoms with van der Waals surface area (Å²) in [6.45, 7) is 3.99. The van der Waals surface area contributed by atoms with Gasteiger partial charge in [-0.05, 0) is 30.5 Å². The largest absolute Gasteiger partial charge is 0.394 e. The Labute approximate surface area is 216 Å². The number of fused-ring (bicyclic) bond motifs is 1. The van der Waals surface area contributed by atoms with Gasteiger partial charge in [-0.2, -0.15) is 0 Å². The number of ether oxygens (including phenoxy) is 1. The number of hydrogen-bond acceptors (Lipinski definition) is 10. The number of nitrogens with zero attached hydrogens (tertiary/aromatic N) is 5. The molecule has 3 aromatic rings. The quantitative estimate of drug-likeness (QED) is 0.226. The first kappa shape index (κ1) is 26.2. The zero-order valence-corrected chi connectivity index (χ0v) is 21.3. The standard InChI is InChI=1S/C24H30F2N6O4S/c1-3-11(2)37-24-28-22(27-16-9-13(16)12-4-5-14(25)15(26)8-12)19-23(29-24)32(31-30-19)17-10-18(36-7-6-33)21(35)20(17)34/h4-5,8,11,13,16-18,20-21,33-35H,3,6-7,9-10H2,1-2H3,(H,27,28,29)/t11?,13-,16+,17+,18-,20-,21+/m0/s1. The van der Waals surface area contributed by atoms with Gasteiger partial charge in [0.25, 0.3) is 0 Å². The molecular formula is C24H30F2N6O4S. The number of benzene rings is 1. The van der Waals surface area contributed by atoms with Crippen LogP contribution in [-0.2, 0) is 4.74 Å². The van der Waals surface area contributed by atoms with Crippen molar-refractivity contribution in [3.63, 3.8) is 0 Å². The Bertz CT molecular complexity index is 1270. The lowest BCUT2D eigenvalue weighted by Gasteiger charge is -2.17. The third kappa shape index (κ3) is 5.28. The van der Waals surface area contributed by atoms with Crippen LogP contribution in [0.3, 0.4) is 0 Å². The Morgan fingerprint density at radius 1 is 1.19 bits per heavy atom. The lowest BCUT2D eigenvalue weighted by atomic mass is 10.1. The normalized spacial score (nSPS) is 28.1. The molecule has 1 aromatic carbocycles. The first-order chi connectivity index (χ1) is 17.8. The van der Waals surface area contributed by atoms with Crippen LogP contribution in [0.5, 0.6) is 0 Å². The maximum atomic E-state index is 13.7. The Kier molecular flexibility index (Phi) is 7.59. The molecule has 0 bridgehead atoms. The van der Waals surface area contributed by atoms with E-state index in [1.807, 2.05) is 0 Å². The first-order valence-corrected chi connectivity index (χ1v) is 13.3. The smallest absolute Gasteiger partial charge is 0.191 e.